The van der Waals surface area contributed by atoms with Crippen LogP contribution in [0.25, 0.3) is 0 Å². The molecule has 0 aromatic rings. The van der Waals surface area contributed by atoms with Gasteiger partial charge in [0.25, 0.3) is 0 Å². The summed E-state index contributed by atoms with van der Waals surface area (Å²) >= 11 is 5.67. The van der Waals surface area contributed by atoms with Crippen LogP contribution in [0.3, 0.4) is 0 Å². The fourth-order valence-corrected chi connectivity index (χ4v) is 0.758. The van der Waals surface area contributed by atoms with E-state index in [1.165, 1.54) is 0 Å². The number of halogens is 1. The van der Waals surface area contributed by atoms with E-state index < -0.39 is 0 Å². The number of aldehydes is 1. The number of hydrogen-bond donors (Lipinski definition) is 0. The lowest BCUT2D eigenvalue weighted by Gasteiger charge is -2.00. The molecular formula is C9H13ClO. The van der Waals surface area contributed by atoms with Crippen molar-refractivity contribution in [1.82, 2.24) is 0 Å². The first-order valence-corrected chi connectivity index (χ1v) is 3.91. The highest BCUT2D eigenvalue weighted by Gasteiger charge is 1.99. The molecule has 0 fully saturated rings. The van der Waals surface area contributed by atoms with Gasteiger partial charge in [0.2, 0.25) is 0 Å². The summed E-state index contributed by atoms with van der Waals surface area (Å²) < 4.78 is 0. The Hall–Kier alpha value is -0.560. The molecule has 0 amide bonds. The van der Waals surface area contributed by atoms with E-state index >= 15 is 0 Å². The van der Waals surface area contributed by atoms with E-state index in [4.69, 9.17) is 11.6 Å². The molecule has 0 heterocycles. The Morgan fingerprint density at radius 2 is 2.00 bits per heavy atom. The summed E-state index contributed by atoms with van der Waals surface area (Å²) in [6, 6.07) is 0. The van der Waals surface area contributed by atoms with Gasteiger partial charge in [-0.05, 0) is 27.2 Å². The maximum absolute atomic E-state index is 10.4. The Morgan fingerprint density at radius 1 is 1.45 bits per heavy atom. The van der Waals surface area contributed by atoms with E-state index in [0.717, 1.165) is 11.9 Å². The molecule has 0 aromatic heterocycles. The molecule has 0 saturated heterocycles. The third-order valence-electron chi connectivity index (χ3n) is 1.55. The number of allylic oxidation sites excluding steroid dienone is 4. The van der Waals surface area contributed by atoms with E-state index in [2.05, 4.69) is 0 Å². The van der Waals surface area contributed by atoms with Gasteiger partial charge in [0.05, 0.1) is 0 Å². The summed E-state index contributed by atoms with van der Waals surface area (Å²) in [4.78, 5) is 10.4. The average Bonchev–Trinajstić information content (AvgIpc) is 1.99. The highest BCUT2D eigenvalue weighted by molar-refractivity contribution is 6.30. The third kappa shape index (κ3) is 3.99. The lowest BCUT2D eigenvalue weighted by atomic mass is 10.1. The maximum atomic E-state index is 10.4. The zero-order valence-corrected chi connectivity index (χ0v) is 7.90. The van der Waals surface area contributed by atoms with Crippen LogP contribution in [0.4, 0.5) is 0 Å². The van der Waals surface area contributed by atoms with Gasteiger partial charge in [-0.1, -0.05) is 23.3 Å². The van der Waals surface area contributed by atoms with Crippen molar-refractivity contribution < 1.29 is 4.79 Å². The quantitative estimate of drug-likeness (QED) is 0.363. The Balaban J connectivity index is 4.35. The number of hydrogen-bond acceptors (Lipinski definition) is 1. The molecule has 0 radical (unpaired) electrons. The highest BCUT2D eigenvalue weighted by atomic mass is 35.5. The van der Waals surface area contributed by atoms with Crippen molar-refractivity contribution in [3.05, 3.63) is 22.3 Å². The van der Waals surface area contributed by atoms with Crippen LogP contribution in [-0.2, 0) is 4.79 Å². The Kier molecular flexibility index (Phi) is 4.88. The number of rotatable bonds is 3. The van der Waals surface area contributed by atoms with Gasteiger partial charge < -0.3 is 0 Å². The van der Waals surface area contributed by atoms with E-state index in [1.807, 2.05) is 19.9 Å². The first kappa shape index (κ1) is 10.4. The normalized spacial score (nSPS) is 14.4. The molecule has 62 valence electrons. The Labute approximate surface area is 72.7 Å². The lowest BCUT2D eigenvalue weighted by molar-refractivity contribution is -0.105. The van der Waals surface area contributed by atoms with Gasteiger partial charge in [-0.3, -0.25) is 4.79 Å². The number of carbonyl (C=O) groups excluding carboxylic acids is 1. The van der Waals surface area contributed by atoms with Crippen LogP contribution in [0, 0.1) is 0 Å². The monoisotopic (exact) mass is 172 g/mol. The van der Waals surface area contributed by atoms with Crippen molar-refractivity contribution in [2.75, 3.05) is 0 Å². The van der Waals surface area contributed by atoms with Crippen LogP contribution in [0.5, 0.6) is 0 Å². The third-order valence-corrected chi connectivity index (χ3v) is 1.79. The van der Waals surface area contributed by atoms with Crippen LogP contribution in [0.15, 0.2) is 22.3 Å². The van der Waals surface area contributed by atoms with Gasteiger partial charge in [0.1, 0.15) is 6.29 Å². The molecule has 0 aliphatic heterocycles. The summed E-state index contributed by atoms with van der Waals surface area (Å²) in [5.41, 5.74) is 1.83. The summed E-state index contributed by atoms with van der Waals surface area (Å²) in [7, 11) is 0. The van der Waals surface area contributed by atoms with Gasteiger partial charge in [0, 0.05) is 10.6 Å². The first-order chi connectivity index (χ1) is 5.11. The summed E-state index contributed by atoms with van der Waals surface area (Å²) in [5, 5.41) is 0.584. The molecule has 0 atom stereocenters. The standard InChI is InChI=1S/C9H13ClO/c1-4-7(2)5-9(6-11)8(3)10/h4,6H,5H2,1-3H3/b7-4+,9-8-. The van der Waals surface area contributed by atoms with Crippen molar-refractivity contribution in [2.45, 2.75) is 27.2 Å². The molecule has 0 spiro atoms. The van der Waals surface area contributed by atoms with Gasteiger partial charge in [-0.25, -0.2) is 0 Å². The van der Waals surface area contributed by atoms with E-state index in [1.54, 1.807) is 6.92 Å². The second kappa shape index (κ2) is 5.14. The molecule has 0 N–H and O–H groups in total. The molecule has 0 aromatic carbocycles. The highest BCUT2D eigenvalue weighted by Crippen LogP contribution is 2.14. The Bertz CT molecular complexity index is 198. The molecule has 11 heavy (non-hydrogen) atoms. The predicted octanol–water partition coefficient (Wildman–Crippen LogP) is 3.05. The minimum absolute atomic E-state index is 0.584. The molecule has 0 saturated carbocycles. The molecule has 0 aliphatic carbocycles. The molecular weight excluding hydrogens is 160 g/mol. The number of carbonyl (C=O) groups is 1. The first-order valence-electron chi connectivity index (χ1n) is 3.54. The van der Waals surface area contributed by atoms with Crippen LogP contribution < -0.4 is 0 Å². The van der Waals surface area contributed by atoms with E-state index in [0.29, 0.717) is 17.0 Å². The van der Waals surface area contributed by atoms with Crippen molar-refractivity contribution in [3.8, 4) is 0 Å². The fraction of sp³-hybridized carbons (Fsp3) is 0.444. The minimum atomic E-state index is 0.584. The summed E-state index contributed by atoms with van der Waals surface area (Å²) in [6.07, 6.45) is 3.45. The molecule has 0 unspecified atom stereocenters. The van der Waals surface area contributed by atoms with Gasteiger partial charge in [0.15, 0.2) is 0 Å². The second-order valence-corrected chi connectivity index (χ2v) is 3.06. The van der Waals surface area contributed by atoms with Crippen LogP contribution >= 0.6 is 11.6 Å². The van der Waals surface area contributed by atoms with E-state index in [-0.39, 0.29) is 0 Å². The minimum Gasteiger partial charge on any atom is -0.298 e. The smallest absolute Gasteiger partial charge is 0.147 e. The molecule has 0 aliphatic rings. The Morgan fingerprint density at radius 3 is 2.27 bits per heavy atom. The van der Waals surface area contributed by atoms with Crippen LogP contribution in [0.1, 0.15) is 27.2 Å². The molecule has 2 heteroatoms. The van der Waals surface area contributed by atoms with Crippen molar-refractivity contribution in [3.63, 3.8) is 0 Å². The van der Waals surface area contributed by atoms with Crippen LogP contribution in [0.2, 0.25) is 0 Å². The van der Waals surface area contributed by atoms with E-state index in [9.17, 15) is 4.79 Å². The second-order valence-electron chi connectivity index (χ2n) is 2.49. The molecule has 0 rings (SSSR count). The zero-order chi connectivity index (χ0) is 8.85. The summed E-state index contributed by atoms with van der Waals surface area (Å²) in [5.74, 6) is 0. The summed E-state index contributed by atoms with van der Waals surface area (Å²) in [6.45, 7) is 5.65. The zero-order valence-electron chi connectivity index (χ0n) is 7.15. The fourth-order valence-electron chi connectivity index (χ4n) is 0.647. The van der Waals surface area contributed by atoms with Crippen molar-refractivity contribution in [1.29, 1.82) is 0 Å². The average molecular weight is 173 g/mol. The van der Waals surface area contributed by atoms with Crippen molar-refractivity contribution >= 4 is 17.9 Å². The van der Waals surface area contributed by atoms with Gasteiger partial charge in [-0.2, -0.15) is 0 Å². The maximum Gasteiger partial charge on any atom is 0.147 e. The van der Waals surface area contributed by atoms with Crippen molar-refractivity contribution in [2.24, 2.45) is 0 Å². The SMILES string of the molecule is C/C=C(\C)C/C(C=O)=C(\C)Cl. The predicted molar refractivity (Wildman–Crippen MR) is 48.7 cm³/mol. The topological polar surface area (TPSA) is 17.1 Å². The molecule has 0 bridgehead atoms. The van der Waals surface area contributed by atoms with Crippen LogP contribution in [-0.4, -0.2) is 6.29 Å². The lowest BCUT2D eigenvalue weighted by Crippen LogP contribution is -1.88. The van der Waals surface area contributed by atoms with Gasteiger partial charge in [-0.15, -0.1) is 0 Å². The molecule has 1 nitrogen and oxygen atoms in total. The largest absolute Gasteiger partial charge is 0.298 e. The van der Waals surface area contributed by atoms with Gasteiger partial charge >= 0.3 is 0 Å².